The quantitative estimate of drug-likeness (QED) is 0.123. The molecule has 2 aliphatic heterocycles. The van der Waals surface area contributed by atoms with E-state index in [-0.39, 0.29) is 25.0 Å². The van der Waals surface area contributed by atoms with Gasteiger partial charge < -0.3 is 9.64 Å². The summed E-state index contributed by atoms with van der Waals surface area (Å²) in [5, 5.41) is 0.962. The summed E-state index contributed by atoms with van der Waals surface area (Å²) in [6, 6.07) is 17.5. The summed E-state index contributed by atoms with van der Waals surface area (Å²) in [4.78, 5) is 32.9. The standard InChI is InChI=1S/C34H38Cl3FN2O3Si/c1-22-9-11-26(38)19-27(22)29-20-31(41)39(14-6-13-35)32(23-7-5-8-24(36)17-23)34(29)28-12-10-25(37)18-30(28)40(33(34)42)21-43-15-16-44(2,3)4/h5,7-12,17-19,29,32H,6,13-16,20-21H2,1-4H3/t29-,32-,34-/m1/s1. The molecular weight excluding hydrogens is 638 g/mol. The zero-order valence-electron chi connectivity index (χ0n) is 25.5. The Hall–Kier alpha value is -2.42. The van der Waals surface area contributed by atoms with E-state index in [9.17, 15) is 9.18 Å². The van der Waals surface area contributed by atoms with Gasteiger partial charge in [0.1, 0.15) is 18.0 Å². The third-order valence-corrected chi connectivity index (χ3v) is 11.3. The fourth-order valence-corrected chi connectivity index (χ4v) is 8.01. The zero-order chi connectivity index (χ0) is 31.8. The molecule has 2 aliphatic rings. The molecule has 0 unspecified atom stereocenters. The van der Waals surface area contributed by atoms with Gasteiger partial charge in [-0.3, -0.25) is 14.5 Å². The van der Waals surface area contributed by atoms with Crippen molar-refractivity contribution in [1.82, 2.24) is 4.90 Å². The molecule has 3 aromatic rings. The van der Waals surface area contributed by atoms with E-state index in [0.29, 0.717) is 46.7 Å². The van der Waals surface area contributed by atoms with Crippen molar-refractivity contribution in [2.24, 2.45) is 0 Å². The zero-order valence-corrected chi connectivity index (χ0v) is 28.8. The Morgan fingerprint density at radius 3 is 2.48 bits per heavy atom. The van der Waals surface area contributed by atoms with Gasteiger partial charge in [-0.1, -0.05) is 67.1 Å². The summed E-state index contributed by atoms with van der Waals surface area (Å²) in [6.07, 6.45) is 0.553. The Morgan fingerprint density at radius 1 is 1.02 bits per heavy atom. The summed E-state index contributed by atoms with van der Waals surface area (Å²) >= 11 is 19.3. The third kappa shape index (κ3) is 6.19. The lowest BCUT2D eigenvalue weighted by Gasteiger charge is -2.52. The lowest BCUT2D eigenvalue weighted by atomic mass is 9.58. The van der Waals surface area contributed by atoms with Crippen LogP contribution in [-0.4, -0.2) is 50.6 Å². The third-order valence-electron chi connectivity index (χ3n) is 8.82. The number of halogens is 4. The average molecular weight is 676 g/mol. The fraction of sp³-hybridized carbons (Fsp3) is 0.412. The highest BCUT2D eigenvalue weighted by Crippen LogP contribution is 2.62. The molecule has 0 saturated carbocycles. The molecule has 2 heterocycles. The molecule has 3 atom stereocenters. The van der Waals surface area contributed by atoms with Crippen LogP contribution in [0.2, 0.25) is 35.7 Å². The largest absolute Gasteiger partial charge is 0.361 e. The summed E-state index contributed by atoms with van der Waals surface area (Å²) in [7, 11) is -1.38. The number of nitrogens with zero attached hydrogens (tertiary/aromatic N) is 2. The molecule has 1 saturated heterocycles. The van der Waals surface area contributed by atoms with Gasteiger partial charge in [-0.05, 0) is 78.0 Å². The van der Waals surface area contributed by atoms with Gasteiger partial charge in [0.15, 0.2) is 0 Å². The van der Waals surface area contributed by atoms with Crippen LogP contribution in [0.5, 0.6) is 0 Å². The first kappa shape index (κ1) is 33.0. The van der Waals surface area contributed by atoms with Crippen molar-refractivity contribution in [3.8, 4) is 0 Å². The highest BCUT2D eigenvalue weighted by atomic mass is 35.5. The minimum absolute atomic E-state index is 0.0156. The minimum atomic E-state index is -1.38. The number of carbonyl (C=O) groups is 2. The van der Waals surface area contributed by atoms with E-state index in [1.807, 2.05) is 31.2 Å². The van der Waals surface area contributed by atoms with Crippen LogP contribution in [0.3, 0.4) is 0 Å². The van der Waals surface area contributed by atoms with Crippen molar-refractivity contribution in [2.45, 2.75) is 62.8 Å². The molecule has 234 valence electrons. The van der Waals surface area contributed by atoms with Crippen molar-refractivity contribution in [3.63, 3.8) is 0 Å². The SMILES string of the molecule is Cc1ccc(F)cc1[C@H]1CC(=O)N(CCCCl)[C@H](c2cccc(Cl)c2)[C@]12C(=O)N(COCC[Si](C)(C)C)c1cc(Cl)ccc12. The van der Waals surface area contributed by atoms with Crippen molar-refractivity contribution in [1.29, 1.82) is 0 Å². The van der Waals surface area contributed by atoms with Crippen molar-refractivity contribution in [3.05, 3.63) is 98.8 Å². The number of hydrogen-bond donors (Lipinski definition) is 0. The summed E-state index contributed by atoms with van der Waals surface area (Å²) < 4.78 is 21.1. The number of rotatable bonds is 10. The molecule has 0 radical (unpaired) electrons. The molecule has 10 heteroatoms. The van der Waals surface area contributed by atoms with Crippen molar-refractivity contribution < 1.29 is 18.7 Å². The molecule has 0 aliphatic carbocycles. The Kier molecular flexibility index (Phi) is 9.83. The van der Waals surface area contributed by atoms with Crippen LogP contribution in [-0.2, 0) is 19.7 Å². The van der Waals surface area contributed by atoms with Gasteiger partial charge in [-0.25, -0.2) is 4.39 Å². The maximum absolute atomic E-state index is 15.3. The topological polar surface area (TPSA) is 49.9 Å². The number of benzene rings is 3. The second-order valence-corrected chi connectivity index (χ2v) is 19.8. The van der Waals surface area contributed by atoms with E-state index in [1.54, 1.807) is 34.1 Å². The second kappa shape index (κ2) is 13.1. The van der Waals surface area contributed by atoms with Crippen LogP contribution in [0, 0.1) is 12.7 Å². The molecule has 1 spiro atoms. The van der Waals surface area contributed by atoms with Crippen LogP contribution in [0.1, 0.15) is 47.1 Å². The lowest BCUT2D eigenvalue weighted by molar-refractivity contribution is -0.146. The first-order valence-corrected chi connectivity index (χ1v) is 19.9. The van der Waals surface area contributed by atoms with Gasteiger partial charge >= 0.3 is 0 Å². The van der Waals surface area contributed by atoms with Crippen LogP contribution in [0.25, 0.3) is 0 Å². The minimum Gasteiger partial charge on any atom is -0.361 e. The molecule has 5 nitrogen and oxygen atoms in total. The van der Waals surface area contributed by atoms with Crippen LogP contribution in [0.4, 0.5) is 10.1 Å². The van der Waals surface area contributed by atoms with Crippen molar-refractivity contribution >= 4 is 60.4 Å². The Morgan fingerprint density at radius 2 is 1.77 bits per heavy atom. The Labute approximate surface area is 275 Å². The van der Waals surface area contributed by atoms with Crippen LogP contribution < -0.4 is 4.90 Å². The predicted molar refractivity (Wildman–Crippen MR) is 179 cm³/mol. The number of ether oxygens (including phenoxy) is 1. The number of aryl methyl sites for hydroxylation is 1. The molecule has 5 rings (SSSR count). The highest BCUT2D eigenvalue weighted by Gasteiger charge is 2.65. The fourth-order valence-electron chi connectivity index (χ4n) is 6.77. The second-order valence-electron chi connectivity index (χ2n) is 13.0. The lowest BCUT2D eigenvalue weighted by Crippen LogP contribution is -2.60. The van der Waals surface area contributed by atoms with Crippen LogP contribution >= 0.6 is 34.8 Å². The number of likely N-dealkylation sites (tertiary alicyclic amines) is 1. The van der Waals surface area contributed by atoms with Gasteiger partial charge in [-0.2, -0.15) is 0 Å². The number of piperidine rings is 1. The number of alkyl halides is 1. The molecule has 3 aromatic carbocycles. The number of carbonyl (C=O) groups excluding carboxylic acids is 2. The Balaban J connectivity index is 1.78. The molecule has 0 bridgehead atoms. The smallest absolute Gasteiger partial charge is 0.242 e. The van der Waals surface area contributed by atoms with E-state index in [2.05, 4.69) is 19.6 Å². The number of fused-ring (bicyclic) bond motifs is 2. The highest BCUT2D eigenvalue weighted by molar-refractivity contribution is 6.76. The molecule has 2 amide bonds. The first-order chi connectivity index (χ1) is 20.9. The van der Waals surface area contributed by atoms with E-state index >= 15 is 4.79 Å². The van der Waals surface area contributed by atoms with Gasteiger partial charge in [0.05, 0.1) is 11.7 Å². The maximum atomic E-state index is 15.3. The first-order valence-electron chi connectivity index (χ1n) is 14.9. The summed E-state index contributed by atoms with van der Waals surface area (Å²) in [5.74, 6) is -1.10. The molecular formula is C34H38Cl3FN2O3Si. The van der Waals surface area contributed by atoms with Gasteiger partial charge in [0, 0.05) is 49.5 Å². The van der Waals surface area contributed by atoms with Gasteiger partial charge in [0.25, 0.3) is 0 Å². The van der Waals surface area contributed by atoms with Gasteiger partial charge in [-0.15, -0.1) is 11.6 Å². The predicted octanol–water partition coefficient (Wildman–Crippen LogP) is 8.72. The van der Waals surface area contributed by atoms with E-state index in [1.165, 1.54) is 12.1 Å². The Bertz CT molecular complexity index is 1560. The van der Waals surface area contributed by atoms with E-state index < -0.39 is 31.3 Å². The molecule has 44 heavy (non-hydrogen) atoms. The van der Waals surface area contributed by atoms with Crippen molar-refractivity contribution in [2.75, 3.05) is 30.7 Å². The average Bonchev–Trinajstić information content (AvgIpc) is 3.19. The number of amides is 2. The number of anilines is 1. The van der Waals surface area contributed by atoms with Crippen LogP contribution in [0.15, 0.2) is 60.7 Å². The molecule has 0 N–H and O–H groups in total. The summed E-state index contributed by atoms with van der Waals surface area (Å²) in [6.45, 7) is 9.62. The number of hydrogen-bond acceptors (Lipinski definition) is 3. The monoisotopic (exact) mass is 674 g/mol. The maximum Gasteiger partial charge on any atom is 0.242 e. The van der Waals surface area contributed by atoms with E-state index in [0.717, 1.165) is 22.7 Å². The molecule has 0 aromatic heterocycles. The normalized spacial score (nSPS) is 21.8. The van der Waals surface area contributed by atoms with Gasteiger partial charge in [0.2, 0.25) is 11.8 Å². The van der Waals surface area contributed by atoms with E-state index in [4.69, 9.17) is 39.5 Å². The summed E-state index contributed by atoms with van der Waals surface area (Å²) in [5.41, 5.74) is 2.17. The molecule has 1 fully saturated rings.